The molecule has 0 spiro atoms. The minimum Gasteiger partial charge on any atom is -0.358 e. The monoisotopic (exact) mass is 417 g/mol. The van der Waals surface area contributed by atoms with Crippen molar-refractivity contribution in [1.82, 2.24) is 30.4 Å². The van der Waals surface area contributed by atoms with Crippen LogP contribution in [0.5, 0.6) is 0 Å². The average Bonchev–Trinajstić information content (AvgIpc) is 3.43. The van der Waals surface area contributed by atoms with Crippen LogP contribution in [0.15, 0.2) is 18.3 Å². The van der Waals surface area contributed by atoms with E-state index in [0.29, 0.717) is 42.2 Å². The van der Waals surface area contributed by atoms with Crippen LogP contribution >= 0.6 is 0 Å². The standard InChI is InChI=1S/C22H23N7O2/c1-11-6-15-17(25-11)8-14-13-7-18(26-12(2)20(13)27-21(14)30)16-9-24-28-19(16)10-23-4-5-29(3)22(15)31/h6-9,23,25H,4-5,10H2,1-3H3,(H,24,28)(H,27,30)/b14-8-. The van der Waals surface area contributed by atoms with E-state index < -0.39 is 0 Å². The lowest BCUT2D eigenvalue weighted by Gasteiger charge is -2.17. The van der Waals surface area contributed by atoms with Crippen LogP contribution in [0, 0.1) is 13.8 Å². The number of aromatic nitrogens is 4. The van der Waals surface area contributed by atoms with Gasteiger partial charge in [0.05, 0.1) is 45.8 Å². The lowest BCUT2D eigenvalue weighted by molar-refractivity contribution is -0.110. The number of carbonyl (C=O) groups excluding carboxylic acids is 2. The average molecular weight is 417 g/mol. The number of carbonyl (C=O) groups is 2. The van der Waals surface area contributed by atoms with Gasteiger partial charge in [0.1, 0.15) is 0 Å². The van der Waals surface area contributed by atoms with Gasteiger partial charge in [-0.25, -0.2) is 0 Å². The van der Waals surface area contributed by atoms with Gasteiger partial charge < -0.3 is 20.5 Å². The number of likely N-dealkylation sites (N-methyl/N-ethyl adjacent to an activating group) is 1. The Hall–Kier alpha value is -3.72. The summed E-state index contributed by atoms with van der Waals surface area (Å²) in [5, 5.41) is 13.5. The summed E-state index contributed by atoms with van der Waals surface area (Å²) in [4.78, 5) is 35.6. The quantitative estimate of drug-likeness (QED) is 0.447. The topological polar surface area (TPSA) is 119 Å². The van der Waals surface area contributed by atoms with Crippen LogP contribution in [0.4, 0.5) is 5.69 Å². The van der Waals surface area contributed by atoms with Crippen molar-refractivity contribution in [1.29, 1.82) is 0 Å². The predicted octanol–water partition coefficient (Wildman–Crippen LogP) is 2.08. The highest BCUT2D eigenvalue weighted by molar-refractivity contribution is 6.35. The Kier molecular flexibility index (Phi) is 4.48. The molecule has 0 unspecified atom stereocenters. The number of aromatic amines is 2. The Balaban J connectivity index is 1.73. The summed E-state index contributed by atoms with van der Waals surface area (Å²) in [6, 6.07) is 3.73. The zero-order valence-corrected chi connectivity index (χ0v) is 17.6. The lowest BCUT2D eigenvalue weighted by atomic mass is 10.0. The fraction of sp³-hybridized carbons (Fsp3) is 0.273. The van der Waals surface area contributed by atoms with Crippen molar-refractivity contribution in [3.05, 3.63) is 52.2 Å². The number of nitrogens with one attached hydrogen (secondary N) is 4. The molecule has 2 aliphatic heterocycles. The van der Waals surface area contributed by atoms with Crippen LogP contribution in [-0.4, -0.2) is 57.0 Å². The van der Waals surface area contributed by atoms with Gasteiger partial charge >= 0.3 is 0 Å². The summed E-state index contributed by atoms with van der Waals surface area (Å²) in [6.07, 6.45) is 3.51. The molecule has 0 atom stereocenters. The molecule has 0 radical (unpaired) electrons. The number of pyridine rings is 1. The maximum Gasteiger partial charge on any atom is 0.256 e. The molecule has 0 saturated carbocycles. The summed E-state index contributed by atoms with van der Waals surface area (Å²) in [5.41, 5.74) is 7.24. The van der Waals surface area contributed by atoms with E-state index in [1.807, 2.05) is 26.0 Å². The van der Waals surface area contributed by atoms with E-state index in [4.69, 9.17) is 4.98 Å². The molecule has 0 saturated heterocycles. The summed E-state index contributed by atoms with van der Waals surface area (Å²) >= 11 is 0. The van der Waals surface area contributed by atoms with Crippen molar-refractivity contribution >= 4 is 29.2 Å². The van der Waals surface area contributed by atoms with Gasteiger partial charge in [-0.3, -0.25) is 19.7 Å². The zero-order chi connectivity index (χ0) is 21.7. The number of anilines is 1. The number of amides is 2. The van der Waals surface area contributed by atoms with Crippen LogP contribution in [0.2, 0.25) is 0 Å². The third-order valence-corrected chi connectivity index (χ3v) is 5.74. The summed E-state index contributed by atoms with van der Waals surface area (Å²) in [5.74, 6) is -0.310. The molecule has 2 amide bonds. The van der Waals surface area contributed by atoms with Gasteiger partial charge in [-0.1, -0.05) is 0 Å². The van der Waals surface area contributed by atoms with Crippen molar-refractivity contribution in [3.8, 4) is 11.3 Å². The number of fused-ring (bicyclic) bond motifs is 4. The smallest absolute Gasteiger partial charge is 0.256 e. The maximum absolute atomic E-state index is 13.1. The first kappa shape index (κ1) is 19.3. The lowest BCUT2D eigenvalue weighted by Crippen LogP contribution is -2.34. The molecular weight excluding hydrogens is 394 g/mol. The van der Waals surface area contributed by atoms with Crippen LogP contribution in [0.25, 0.3) is 22.9 Å². The van der Waals surface area contributed by atoms with Crippen molar-refractivity contribution in [3.63, 3.8) is 0 Å². The molecule has 4 N–H and O–H groups in total. The second-order valence-electron chi connectivity index (χ2n) is 7.97. The zero-order valence-electron chi connectivity index (χ0n) is 17.6. The van der Waals surface area contributed by atoms with E-state index in [9.17, 15) is 9.59 Å². The van der Waals surface area contributed by atoms with Crippen molar-refractivity contribution in [2.45, 2.75) is 20.4 Å². The van der Waals surface area contributed by atoms with Gasteiger partial charge in [0.2, 0.25) is 0 Å². The Labute approximate surface area is 179 Å². The maximum atomic E-state index is 13.1. The highest BCUT2D eigenvalue weighted by Crippen LogP contribution is 2.38. The molecule has 3 aromatic rings. The highest BCUT2D eigenvalue weighted by atomic mass is 16.2. The van der Waals surface area contributed by atoms with Gasteiger partial charge in [0.25, 0.3) is 11.8 Å². The number of aryl methyl sites for hydroxylation is 2. The largest absolute Gasteiger partial charge is 0.358 e. The normalized spacial score (nSPS) is 17.9. The minimum absolute atomic E-state index is 0.0969. The molecular formula is C22H23N7O2. The van der Waals surface area contributed by atoms with Gasteiger partial charge in [-0.2, -0.15) is 5.10 Å². The third-order valence-electron chi connectivity index (χ3n) is 5.74. The molecule has 158 valence electrons. The summed E-state index contributed by atoms with van der Waals surface area (Å²) in [6.45, 7) is 5.50. The Morgan fingerprint density at radius 1 is 1.10 bits per heavy atom. The summed E-state index contributed by atoms with van der Waals surface area (Å²) in [7, 11) is 1.78. The Morgan fingerprint density at radius 2 is 1.94 bits per heavy atom. The second-order valence-corrected chi connectivity index (χ2v) is 7.97. The SMILES string of the molecule is Cc1cc2c([nH]1)/C=C1\C(=O)Nc3c1cc(nc3C)-c1cn[nH]c1CNCCN(C)C2=O. The van der Waals surface area contributed by atoms with Crippen LogP contribution < -0.4 is 10.6 Å². The number of rotatable bonds is 0. The van der Waals surface area contributed by atoms with E-state index in [1.54, 1.807) is 24.2 Å². The molecule has 2 bridgehead atoms. The van der Waals surface area contributed by atoms with Crippen LogP contribution in [-0.2, 0) is 11.3 Å². The first-order valence-corrected chi connectivity index (χ1v) is 10.2. The molecule has 31 heavy (non-hydrogen) atoms. The van der Waals surface area contributed by atoms with Crippen molar-refractivity contribution in [2.24, 2.45) is 0 Å². The second kappa shape index (κ2) is 7.21. The first-order valence-electron chi connectivity index (χ1n) is 10.2. The van der Waals surface area contributed by atoms with Crippen LogP contribution in [0.1, 0.15) is 38.7 Å². The highest BCUT2D eigenvalue weighted by Gasteiger charge is 2.29. The third kappa shape index (κ3) is 3.23. The minimum atomic E-state index is -0.213. The van der Waals surface area contributed by atoms with Gasteiger partial charge in [-0.15, -0.1) is 0 Å². The molecule has 0 aliphatic carbocycles. The van der Waals surface area contributed by atoms with Crippen LogP contribution in [0.3, 0.4) is 0 Å². The van der Waals surface area contributed by atoms with Gasteiger partial charge in [0, 0.05) is 43.5 Å². The van der Waals surface area contributed by atoms with Gasteiger partial charge in [-0.05, 0) is 32.1 Å². The molecule has 3 aromatic heterocycles. The number of hydrogen-bond acceptors (Lipinski definition) is 5. The van der Waals surface area contributed by atoms with E-state index in [1.165, 1.54) is 0 Å². The molecule has 0 aromatic carbocycles. The molecule has 0 fully saturated rings. The van der Waals surface area contributed by atoms with Gasteiger partial charge in [0.15, 0.2) is 0 Å². The van der Waals surface area contributed by atoms with E-state index in [-0.39, 0.29) is 11.8 Å². The number of H-pyrrole nitrogens is 2. The molecule has 5 heterocycles. The number of nitrogens with zero attached hydrogens (tertiary/aromatic N) is 3. The van der Waals surface area contributed by atoms with Crippen molar-refractivity contribution in [2.75, 3.05) is 25.5 Å². The fourth-order valence-electron chi connectivity index (χ4n) is 4.11. The molecule has 9 nitrogen and oxygen atoms in total. The molecule has 2 aliphatic rings. The Morgan fingerprint density at radius 3 is 2.77 bits per heavy atom. The van der Waals surface area contributed by atoms with E-state index in [2.05, 4.69) is 25.8 Å². The van der Waals surface area contributed by atoms with Crippen molar-refractivity contribution < 1.29 is 9.59 Å². The Bertz CT molecular complexity index is 1250. The van der Waals surface area contributed by atoms with E-state index in [0.717, 1.165) is 33.9 Å². The van der Waals surface area contributed by atoms with E-state index >= 15 is 0 Å². The fourth-order valence-corrected chi connectivity index (χ4v) is 4.11. The summed E-state index contributed by atoms with van der Waals surface area (Å²) < 4.78 is 0. The molecule has 9 heteroatoms. The molecule has 5 rings (SSSR count). The first-order chi connectivity index (χ1) is 14.9. The number of hydrogen-bond donors (Lipinski definition) is 4. The predicted molar refractivity (Wildman–Crippen MR) is 117 cm³/mol.